The van der Waals surface area contributed by atoms with Gasteiger partial charge in [-0.2, -0.15) is 23.4 Å². The van der Waals surface area contributed by atoms with Crippen LogP contribution in [0.1, 0.15) is 12.0 Å². The van der Waals surface area contributed by atoms with Crippen molar-refractivity contribution in [3.8, 4) is 0 Å². The second-order valence-corrected chi connectivity index (χ2v) is 6.56. The molecule has 0 radical (unpaired) electrons. The van der Waals surface area contributed by atoms with Crippen LogP contribution in [0, 0.1) is 0 Å². The first-order valence-electron chi connectivity index (χ1n) is 7.60. The van der Waals surface area contributed by atoms with Crippen molar-refractivity contribution >= 4 is 27.3 Å². The number of rotatable bonds is 3. The Bertz CT molecular complexity index is 841. The molecule has 2 aromatic carbocycles. The van der Waals surface area contributed by atoms with E-state index in [-0.39, 0.29) is 17.7 Å². The third-order valence-corrected chi connectivity index (χ3v) is 4.65. The summed E-state index contributed by atoms with van der Waals surface area (Å²) in [5.41, 5.74) is -1.23. The highest BCUT2D eigenvalue weighted by molar-refractivity contribution is 9.11. The number of nitrogens with zero attached hydrogens (tertiary/aromatic N) is 2. The van der Waals surface area contributed by atoms with Gasteiger partial charge in [-0.25, -0.2) is 0 Å². The highest BCUT2D eigenvalue weighted by Crippen LogP contribution is 2.50. The Hall–Kier alpha value is -2.21. The van der Waals surface area contributed by atoms with Crippen LogP contribution in [0.25, 0.3) is 0 Å². The lowest BCUT2D eigenvalue weighted by Gasteiger charge is -2.35. The fraction of sp³-hybridized carbons (Fsp3) is 0.158. The Morgan fingerprint density at radius 2 is 1.60 bits per heavy atom. The number of hydrogen-bond donors (Lipinski definition) is 0. The number of azo groups is 1. The van der Waals surface area contributed by atoms with E-state index in [1.165, 1.54) is 24.3 Å². The summed E-state index contributed by atoms with van der Waals surface area (Å²) in [6, 6.07) is 15.2. The molecule has 0 amide bonds. The van der Waals surface area contributed by atoms with Gasteiger partial charge in [-0.15, -0.1) is 0 Å². The van der Waals surface area contributed by atoms with Crippen molar-refractivity contribution in [3.05, 3.63) is 82.9 Å². The molecule has 1 unspecified atom stereocenters. The molecule has 0 spiro atoms. The van der Waals surface area contributed by atoms with E-state index < -0.39 is 11.6 Å². The molecule has 2 nitrogen and oxygen atoms in total. The number of hydrogen-bond acceptors (Lipinski definition) is 2. The topological polar surface area (TPSA) is 24.7 Å². The van der Waals surface area contributed by atoms with Gasteiger partial charge in [-0.1, -0.05) is 70.6 Å². The predicted octanol–water partition coefficient (Wildman–Crippen LogP) is 7.14. The Morgan fingerprint density at radius 3 is 2.24 bits per heavy atom. The van der Waals surface area contributed by atoms with Crippen molar-refractivity contribution < 1.29 is 13.2 Å². The maximum atomic E-state index is 14.0. The molecule has 0 N–H and O–H groups in total. The zero-order valence-electron chi connectivity index (χ0n) is 13.0. The van der Waals surface area contributed by atoms with Crippen LogP contribution >= 0.6 is 15.9 Å². The SMILES string of the molecule is FC(F)(F)C1(c2ccccc2N=Nc2ccccc2)C=CC(Br)=CC1. The van der Waals surface area contributed by atoms with Crippen LogP contribution in [-0.2, 0) is 5.41 Å². The van der Waals surface area contributed by atoms with Gasteiger partial charge in [-0.05, 0) is 30.2 Å². The van der Waals surface area contributed by atoms with Crippen LogP contribution in [0.5, 0.6) is 0 Å². The van der Waals surface area contributed by atoms with Gasteiger partial charge in [0, 0.05) is 4.48 Å². The summed E-state index contributed by atoms with van der Waals surface area (Å²) in [6.45, 7) is 0. The summed E-state index contributed by atoms with van der Waals surface area (Å²) in [4.78, 5) is 0. The summed E-state index contributed by atoms with van der Waals surface area (Å²) in [7, 11) is 0. The minimum absolute atomic E-state index is 0.0923. The Kier molecular flexibility index (Phi) is 4.90. The lowest BCUT2D eigenvalue weighted by molar-refractivity contribution is -0.175. The van der Waals surface area contributed by atoms with Gasteiger partial charge in [0.1, 0.15) is 5.41 Å². The fourth-order valence-electron chi connectivity index (χ4n) is 2.72. The van der Waals surface area contributed by atoms with E-state index in [0.717, 1.165) is 0 Å². The number of alkyl halides is 3. The van der Waals surface area contributed by atoms with Crippen molar-refractivity contribution in [1.82, 2.24) is 0 Å². The number of benzene rings is 2. The highest BCUT2D eigenvalue weighted by Gasteiger charge is 2.55. The van der Waals surface area contributed by atoms with Crippen LogP contribution < -0.4 is 0 Å². The molecule has 25 heavy (non-hydrogen) atoms. The number of allylic oxidation sites excluding steroid dienone is 4. The molecule has 3 rings (SSSR count). The largest absolute Gasteiger partial charge is 0.402 e. The third-order valence-electron chi connectivity index (χ3n) is 4.07. The standard InChI is InChI=1S/C19H14BrF3N2/c20-14-10-12-18(13-11-14,19(21,22)23)16-8-4-5-9-17(16)25-24-15-6-2-1-3-7-15/h1-12H,13H2. The van der Waals surface area contributed by atoms with Gasteiger partial charge in [0.25, 0.3) is 0 Å². The van der Waals surface area contributed by atoms with Gasteiger partial charge < -0.3 is 0 Å². The van der Waals surface area contributed by atoms with Crippen molar-refractivity contribution in [2.75, 3.05) is 0 Å². The Morgan fingerprint density at radius 1 is 0.920 bits per heavy atom. The van der Waals surface area contributed by atoms with Crippen molar-refractivity contribution in [1.29, 1.82) is 0 Å². The molecular weight excluding hydrogens is 393 g/mol. The van der Waals surface area contributed by atoms with E-state index in [4.69, 9.17) is 0 Å². The molecule has 0 aliphatic heterocycles. The molecule has 0 bridgehead atoms. The second kappa shape index (κ2) is 6.96. The zero-order valence-corrected chi connectivity index (χ0v) is 14.6. The van der Waals surface area contributed by atoms with Gasteiger partial charge in [0.15, 0.2) is 0 Å². The average molecular weight is 407 g/mol. The Balaban J connectivity index is 2.07. The monoisotopic (exact) mass is 406 g/mol. The highest BCUT2D eigenvalue weighted by atomic mass is 79.9. The molecule has 0 saturated carbocycles. The first kappa shape index (κ1) is 17.6. The quantitative estimate of drug-likeness (QED) is 0.483. The molecule has 0 fully saturated rings. The van der Waals surface area contributed by atoms with Gasteiger partial charge in [0.2, 0.25) is 0 Å². The molecule has 2 aromatic rings. The second-order valence-electron chi connectivity index (χ2n) is 5.65. The van der Waals surface area contributed by atoms with E-state index in [2.05, 4.69) is 26.2 Å². The molecule has 1 atom stereocenters. The molecule has 1 aliphatic rings. The smallest absolute Gasteiger partial charge is 0.170 e. The van der Waals surface area contributed by atoms with Crippen molar-refractivity contribution in [2.45, 2.75) is 18.0 Å². The maximum Gasteiger partial charge on any atom is 0.402 e. The molecule has 128 valence electrons. The van der Waals surface area contributed by atoms with Gasteiger partial charge in [0.05, 0.1) is 11.4 Å². The van der Waals surface area contributed by atoms with Crippen LogP contribution in [0.3, 0.4) is 0 Å². The summed E-state index contributed by atoms with van der Waals surface area (Å²) in [5, 5.41) is 8.16. The summed E-state index contributed by atoms with van der Waals surface area (Å²) < 4.78 is 42.6. The van der Waals surface area contributed by atoms with Crippen LogP contribution in [-0.4, -0.2) is 6.18 Å². The summed E-state index contributed by atoms with van der Waals surface area (Å²) in [5.74, 6) is 0. The van der Waals surface area contributed by atoms with Crippen molar-refractivity contribution in [2.24, 2.45) is 10.2 Å². The van der Waals surface area contributed by atoms with Crippen molar-refractivity contribution in [3.63, 3.8) is 0 Å². The molecule has 0 heterocycles. The molecule has 0 aromatic heterocycles. The van der Waals surface area contributed by atoms with E-state index in [1.54, 1.807) is 42.5 Å². The lowest BCUT2D eigenvalue weighted by Crippen LogP contribution is -2.41. The Labute approximate surface area is 151 Å². The molecule has 0 saturated heterocycles. The van der Waals surface area contributed by atoms with Crippen LogP contribution in [0.15, 0.2) is 87.5 Å². The predicted molar refractivity (Wildman–Crippen MR) is 95.6 cm³/mol. The van der Waals surface area contributed by atoms with Gasteiger partial charge in [-0.3, -0.25) is 0 Å². The fourth-order valence-corrected chi connectivity index (χ4v) is 3.02. The van der Waals surface area contributed by atoms with Crippen LogP contribution in [0.4, 0.5) is 24.5 Å². The van der Waals surface area contributed by atoms with E-state index in [9.17, 15) is 13.2 Å². The first-order valence-corrected chi connectivity index (χ1v) is 8.40. The molecule has 1 aliphatic carbocycles. The van der Waals surface area contributed by atoms with Crippen LogP contribution in [0.2, 0.25) is 0 Å². The van der Waals surface area contributed by atoms with E-state index >= 15 is 0 Å². The summed E-state index contributed by atoms with van der Waals surface area (Å²) in [6.07, 6.45) is -0.494. The molecule has 6 heteroatoms. The van der Waals surface area contributed by atoms with E-state index in [1.807, 2.05) is 6.07 Å². The summed E-state index contributed by atoms with van der Waals surface area (Å²) >= 11 is 3.22. The maximum absolute atomic E-state index is 14.0. The van der Waals surface area contributed by atoms with E-state index in [0.29, 0.717) is 10.2 Å². The normalized spacial score (nSPS) is 20.7. The average Bonchev–Trinajstić information content (AvgIpc) is 2.61. The third kappa shape index (κ3) is 3.58. The zero-order chi connectivity index (χ0) is 17.9. The van der Waals surface area contributed by atoms with Gasteiger partial charge >= 0.3 is 6.18 Å². The first-order chi connectivity index (χ1) is 11.9. The number of halogens is 4. The molecular formula is C19H14BrF3N2. The lowest BCUT2D eigenvalue weighted by atomic mass is 9.74. The minimum Gasteiger partial charge on any atom is -0.170 e. The minimum atomic E-state index is -4.45.